The molecule has 3 rings (SSSR count). The van der Waals surface area contributed by atoms with Crippen LogP contribution in [0.4, 0.5) is 17.1 Å². The minimum Gasteiger partial charge on any atom is -0.376 e. The summed E-state index contributed by atoms with van der Waals surface area (Å²) in [5.41, 5.74) is 2.59. The number of rotatable bonds is 11. The largest absolute Gasteiger partial charge is 0.376 e. The Balaban J connectivity index is 1.74. The fourth-order valence-corrected chi connectivity index (χ4v) is 5.50. The zero-order valence-corrected chi connectivity index (χ0v) is 21.2. The van der Waals surface area contributed by atoms with Gasteiger partial charge >= 0.3 is 0 Å². The number of nitrogens with one attached hydrogen (secondary N) is 1. The molecule has 0 saturated carbocycles. The van der Waals surface area contributed by atoms with Gasteiger partial charge in [-0.15, -0.1) is 0 Å². The summed E-state index contributed by atoms with van der Waals surface area (Å²) in [6.45, 7) is 3.70. The first-order valence-corrected chi connectivity index (χ1v) is 12.6. The van der Waals surface area contributed by atoms with Crippen molar-refractivity contribution in [2.45, 2.75) is 44.6 Å². The third-order valence-electron chi connectivity index (χ3n) is 7.57. The van der Waals surface area contributed by atoms with Crippen molar-refractivity contribution in [1.29, 1.82) is 0 Å². The maximum absolute atomic E-state index is 12.5. The summed E-state index contributed by atoms with van der Waals surface area (Å²) in [4.78, 5) is 54.2. The van der Waals surface area contributed by atoms with E-state index < -0.39 is 6.04 Å². The van der Waals surface area contributed by atoms with Crippen molar-refractivity contribution in [3.63, 3.8) is 0 Å². The average Bonchev–Trinajstić information content (AvgIpc) is 2.90. The molecule has 1 N–H and O–H groups in total. The molecular formula is C26H39N5O4. The van der Waals surface area contributed by atoms with Gasteiger partial charge in [0, 0.05) is 59.4 Å². The molecule has 3 amide bonds. The van der Waals surface area contributed by atoms with Crippen LogP contribution in [0.3, 0.4) is 0 Å². The summed E-state index contributed by atoms with van der Waals surface area (Å²) < 4.78 is 0. The topological polar surface area (TPSA) is 93.3 Å². The Labute approximate surface area is 208 Å². The van der Waals surface area contributed by atoms with Crippen LogP contribution in [0, 0.1) is 11.8 Å². The second kappa shape index (κ2) is 12.6. The van der Waals surface area contributed by atoms with Gasteiger partial charge in [0.25, 0.3) is 0 Å². The summed E-state index contributed by atoms with van der Waals surface area (Å²) in [5.74, 6) is 1.10. The Morgan fingerprint density at radius 1 is 1.03 bits per heavy atom. The summed E-state index contributed by atoms with van der Waals surface area (Å²) in [6.07, 6.45) is 7.33. The molecule has 1 aromatic rings. The van der Waals surface area contributed by atoms with E-state index in [1.54, 1.807) is 0 Å². The monoisotopic (exact) mass is 485 g/mol. The SMILES string of the molecule is CNC(=O)C(CCC=O)N(C=O)c1ccc(N2CCC(C3CCN(C=O)CC3)CC2)cc1N(C)C. The van der Waals surface area contributed by atoms with Crippen LogP contribution >= 0.6 is 0 Å². The van der Waals surface area contributed by atoms with E-state index in [2.05, 4.69) is 16.3 Å². The highest BCUT2D eigenvalue weighted by Gasteiger charge is 2.31. The number of nitrogens with zero attached hydrogens (tertiary/aromatic N) is 4. The molecular weight excluding hydrogens is 446 g/mol. The van der Waals surface area contributed by atoms with Crippen molar-refractivity contribution in [3.8, 4) is 0 Å². The Bertz CT molecular complexity index is 876. The fourth-order valence-electron chi connectivity index (χ4n) is 5.50. The molecule has 0 radical (unpaired) electrons. The van der Waals surface area contributed by atoms with Gasteiger partial charge in [0.15, 0.2) is 0 Å². The summed E-state index contributed by atoms with van der Waals surface area (Å²) in [7, 11) is 5.37. The smallest absolute Gasteiger partial charge is 0.242 e. The van der Waals surface area contributed by atoms with E-state index >= 15 is 0 Å². The first-order chi connectivity index (χ1) is 16.9. The van der Waals surface area contributed by atoms with Gasteiger partial charge in [-0.1, -0.05) is 0 Å². The Hall–Kier alpha value is -3.10. The lowest BCUT2D eigenvalue weighted by atomic mass is 9.79. The van der Waals surface area contributed by atoms with E-state index in [9.17, 15) is 19.2 Å². The molecule has 9 heteroatoms. The molecule has 2 saturated heterocycles. The lowest BCUT2D eigenvalue weighted by molar-refractivity contribution is -0.123. The van der Waals surface area contributed by atoms with Gasteiger partial charge in [0.1, 0.15) is 12.3 Å². The molecule has 0 bridgehead atoms. The fraction of sp³-hybridized carbons (Fsp3) is 0.615. The number of aldehydes is 1. The molecule has 2 fully saturated rings. The van der Waals surface area contributed by atoms with Crippen LogP contribution in [0.2, 0.25) is 0 Å². The number of benzene rings is 1. The predicted molar refractivity (Wildman–Crippen MR) is 138 cm³/mol. The normalized spacial score (nSPS) is 18.0. The average molecular weight is 486 g/mol. The number of carbonyl (C=O) groups excluding carboxylic acids is 4. The van der Waals surface area contributed by atoms with Crippen LogP contribution in [0.25, 0.3) is 0 Å². The molecule has 0 spiro atoms. The van der Waals surface area contributed by atoms with E-state index in [-0.39, 0.29) is 18.7 Å². The van der Waals surface area contributed by atoms with Gasteiger partial charge in [-0.2, -0.15) is 0 Å². The number of likely N-dealkylation sites (N-methyl/N-ethyl adjacent to an activating group) is 1. The molecule has 35 heavy (non-hydrogen) atoms. The standard InChI is InChI=1S/C26H39N5O4/c1-27-26(35)24(5-4-16-32)31(19-34)23-7-6-22(17-25(23)28(2)3)30-14-10-21(11-15-30)20-8-12-29(18-33)13-9-20/h6-7,16-21,24H,4-5,8-15H2,1-3H3,(H,27,35). The van der Waals surface area contributed by atoms with Gasteiger partial charge in [0.05, 0.1) is 11.4 Å². The molecule has 2 aliphatic heterocycles. The van der Waals surface area contributed by atoms with Crippen LogP contribution in [0.5, 0.6) is 0 Å². The van der Waals surface area contributed by atoms with Gasteiger partial charge in [-0.3, -0.25) is 14.4 Å². The molecule has 1 aromatic carbocycles. The third-order valence-corrected chi connectivity index (χ3v) is 7.57. The zero-order chi connectivity index (χ0) is 25.4. The number of carbonyl (C=O) groups is 4. The second-order valence-corrected chi connectivity index (χ2v) is 9.76. The Morgan fingerprint density at radius 2 is 1.66 bits per heavy atom. The molecule has 2 aliphatic rings. The van der Waals surface area contributed by atoms with E-state index in [0.29, 0.717) is 23.9 Å². The first-order valence-electron chi connectivity index (χ1n) is 12.6. The number of likely N-dealkylation sites (tertiary alicyclic amines) is 1. The van der Waals surface area contributed by atoms with Gasteiger partial charge in [-0.25, -0.2) is 0 Å². The highest BCUT2D eigenvalue weighted by atomic mass is 16.2. The molecule has 0 aromatic heterocycles. The van der Waals surface area contributed by atoms with E-state index in [0.717, 1.165) is 75.9 Å². The van der Waals surface area contributed by atoms with Crippen molar-refractivity contribution >= 4 is 42.1 Å². The molecule has 9 nitrogen and oxygen atoms in total. The lowest BCUT2D eigenvalue weighted by Crippen LogP contribution is -2.46. The Morgan fingerprint density at radius 3 is 2.17 bits per heavy atom. The third kappa shape index (κ3) is 6.32. The second-order valence-electron chi connectivity index (χ2n) is 9.76. The number of hydrogen-bond acceptors (Lipinski definition) is 6. The molecule has 1 atom stereocenters. The van der Waals surface area contributed by atoms with Gasteiger partial charge in [0.2, 0.25) is 18.7 Å². The summed E-state index contributed by atoms with van der Waals surface area (Å²) >= 11 is 0. The maximum Gasteiger partial charge on any atom is 0.242 e. The predicted octanol–water partition coefficient (Wildman–Crippen LogP) is 1.89. The van der Waals surface area contributed by atoms with Crippen LogP contribution in [-0.4, -0.2) is 83.3 Å². The highest BCUT2D eigenvalue weighted by Crippen LogP contribution is 2.37. The van der Waals surface area contributed by atoms with Gasteiger partial charge < -0.3 is 29.7 Å². The maximum atomic E-state index is 12.5. The highest BCUT2D eigenvalue weighted by molar-refractivity contribution is 5.95. The molecule has 0 aliphatic carbocycles. The molecule has 192 valence electrons. The van der Waals surface area contributed by atoms with Crippen LogP contribution < -0.4 is 20.0 Å². The molecule has 1 unspecified atom stereocenters. The first kappa shape index (κ1) is 26.5. The molecule has 2 heterocycles. The number of hydrogen-bond donors (Lipinski definition) is 1. The number of amides is 3. The van der Waals surface area contributed by atoms with Crippen molar-refractivity contribution in [2.24, 2.45) is 11.8 Å². The minimum atomic E-state index is -0.756. The van der Waals surface area contributed by atoms with E-state index in [4.69, 9.17) is 0 Å². The van der Waals surface area contributed by atoms with Crippen molar-refractivity contribution < 1.29 is 19.2 Å². The van der Waals surface area contributed by atoms with Crippen molar-refractivity contribution in [3.05, 3.63) is 18.2 Å². The van der Waals surface area contributed by atoms with Crippen LogP contribution in [0.15, 0.2) is 18.2 Å². The number of piperidine rings is 2. The summed E-state index contributed by atoms with van der Waals surface area (Å²) in [5, 5.41) is 2.61. The van der Waals surface area contributed by atoms with Crippen molar-refractivity contribution in [1.82, 2.24) is 10.2 Å². The van der Waals surface area contributed by atoms with Crippen molar-refractivity contribution in [2.75, 3.05) is 62.0 Å². The zero-order valence-electron chi connectivity index (χ0n) is 21.2. The minimum absolute atomic E-state index is 0.195. The summed E-state index contributed by atoms with van der Waals surface area (Å²) in [6, 6.07) is 5.24. The number of anilines is 3. The van der Waals surface area contributed by atoms with Crippen LogP contribution in [0.1, 0.15) is 38.5 Å². The van der Waals surface area contributed by atoms with Gasteiger partial charge in [-0.05, 0) is 62.1 Å². The van der Waals surface area contributed by atoms with E-state index in [1.165, 1.54) is 11.9 Å². The Kier molecular flexibility index (Phi) is 9.51. The lowest BCUT2D eigenvalue weighted by Gasteiger charge is -2.40. The van der Waals surface area contributed by atoms with E-state index in [1.807, 2.05) is 36.0 Å². The quantitative estimate of drug-likeness (QED) is 0.481. The van der Waals surface area contributed by atoms with Crippen LogP contribution in [-0.2, 0) is 19.2 Å².